The van der Waals surface area contributed by atoms with Crippen LogP contribution >= 0.6 is 24.4 Å². The van der Waals surface area contributed by atoms with Crippen molar-refractivity contribution in [3.05, 3.63) is 12.3 Å². The summed E-state index contributed by atoms with van der Waals surface area (Å²) in [6.45, 7) is 0.865. The van der Waals surface area contributed by atoms with Gasteiger partial charge in [0.05, 0.1) is 10.3 Å². The molecule has 4 heteroatoms. The predicted octanol–water partition coefficient (Wildman–Crippen LogP) is 7.95. The van der Waals surface area contributed by atoms with Gasteiger partial charge in [0.25, 0.3) is 0 Å². The Labute approximate surface area is 166 Å². The maximum atomic E-state index is 4.55. The summed E-state index contributed by atoms with van der Waals surface area (Å²) in [6, 6.07) is 0. The van der Waals surface area contributed by atoms with Crippen molar-refractivity contribution >= 4 is 34.8 Å². The van der Waals surface area contributed by atoms with E-state index >= 15 is 0 Å². The zero-order valence-corrected chi connectivity index (χ0v) is 17.5. The number of aliphatic imine (C=N–C) groups is 2. The average Bonchev–Trinajstić information content (AvgIpc) is 2.63. The number of thiocarbonyl (C=S) groups is 2. The molecule has 0 unspecified atom stereocenters. The lowest BCUT2D eigenvalue weighted by molar-refractivity contribution is 0.531. The van der Waals surface area contributed by atoms with Crippen LogP contribution in [0.4, 0.5) is 0 Å². The summed E-state index contributed by atoms with van der Waals surface area (Å²) in [5.41, 5.74) is 0. The molecule has 0 aromatic heterocycles. The molecule has 0 fully saturated rings. The summed E-state index contributed by atoms with van der Waals surface area (Å²) >= 11 is 9.06. The van der Waals surface area contributed by atoms with Crippen LogP contribution in [-0.2, 0) is 0 Å². The minimum atomic E-state index is 0.865. The lowest BCUT2D eigenvalue weighted by Crippen LogP contribution is -1.84. The third kappa shape index (κ3) is 23.3. The van der Waals surface area contributed by atoms with Crippen LogP contribution in [0.1, 0.15) is 103 Å². The van der Waals surface area contributed by atoms with E-state index in [0.29, 0.717) is 0 Å². The second-order valence-corrected chi connectivity index (χ2v) is 7.04. The Balaban J connectivity index is 3.04. The SMILES string of the molecule is S=C=N/C=C\CCCCCCCCCCCCCCCCCN=C=S. The second-order valence-electron chi connectivity index (χ2n) is 6.67. The van der Waals surface area contributed by atoms with E-state index in [9.17, 15) is 0 Å². The van der Waals surface area contributed by atoms with Gasteiger partial charge in [-0.25, -0.2) is 9.98 Å². The molecule has 0 saturated heterocycles. The van der Waals surface area contributed by atoms with E-state index < -0.39 is 0 Å². The Morgan fingerprint density at radius 1 is 0.560 bits per heavy atom. The molecule has 0 saturated carbocycles. The van der Waals surface area contributed by atoms with E-state index in [1.807, 2.05) is 0 Å². The van der Waals surface area contributed by atoms with Crippen molar-refractivity contribution in [2.75, 3.05) is 6.54 Å². The van der Waals surface area contributed by atoms with Gasteiger partial charge >= 0.3 is 0 Å². The van der Waals surface area contributed by atoms with Crippen LogP contribution in [-0.4, -0.2) is 16.9 Å². The number of rotatable bonds is 19. The van der Waals surface area contributed by atoms with Gasteiger partial charge in [-0.05, 0) is 43.7 Å². The lowest BCUT2D eigenvalue weighted by atomic mass is 10.0. The van der Waals surface area contributed by atoms with Crippen molar-refractivity contribution in [3.63, 3.8) is 0 Å². The first-order chi connectivity index (χ1) is 12.4. The molecule has 2 nitrogen and oxygen atoms in total. The molecule has 0 aromatic carbocycles. The van der Waals surface area contributed by atoms with Gasteiger partial charge in [0, 0.05) is 12.7 Å². The van der Waals surface area contributed by atoms with E-state index in [1.165, 1.54) is 96.3 Å². The van der Waals surface area contributed by atoms with Crippen LogP contribution in [0.15, 0.2) is 22.3 Å². The highest BCUT2D eigenvalue weighted by molar-refractivity contribution is 7.78. The summed E-state index contributed by atoms with van der Waals surface area (Å²) < 4.78 is 0. The normalized spacial score (nSPS) is 10.6. The minimum absolute atomic E-state index is 0.865. The minimum Gasteiger partial charge on any atom is -0.233 e. The van der Waals surface area contributed by atoms with Crippen LogP contribution in [0.3, 0.4) is 0 Å². The van der Waals surface area contributed by atoms with Crippen LogP contribution in [0.5, 0.6) is 0 Å². The molecule has 0 radical (unpaired) electrons. The van der Waals surface area contributed by atoms with E-state index in [-0.39, 0.29) is 0 Å². The highest BCUT2D eigenvalue weighted by Crippen LogP contribution is 2.13. The molecule has 0 bridgehead atoms. The molecule has 142 valence electrons. The molecule has 0 aromatic rings. The Morgan fingerprint density at radius 3 is 1.44 bits per heavy atom. The number of hydrogen-bond acceptors (Lipinski definition) is 4. The van der Waals surface area contributed by atoms with Crippen LogP contribution in [0, 0.1) is 0 Å². The topological polar surface area (TPSA) is 24.7 Å². The van der Waals surface area contributed by atoms with Crippen molar-refractivity contribution in [1.82, 2.24) is 0 Å². The van der Waals surface area contributed by atoms with Crippen molar-refractivity contribution < 1.29 is 0 Å². The zero-order chi connectivity index (χ0) is 18.3. The smallest absolute Gasteiger partial charge is 0.0634 e. The predicted molar refractivity (Wildman–Crippen MR) is 118 cm³/mol. The molecule has 0 aliphatic rings. The fraction of sp³-hybridized carbons (Fsp3) is 0.810. The molecule has 0 aliphatic heterocycles. The van der Waals surface area contributed by atoms with Gasteiger partial charge in [-0.2, -0.15) is 0 Å². The Kier molecular flexibility index (Phi) is 22.7. The van der Waals surface area contributed by atoms with Crippen molar-refractivity contribution in [1.29, 1.82) is 0 Å². The fourth-order valence-electron chi connectivity index (χ4n) is 2.95. The highest BCUT2D eigenvalue weighted by Gasteiger charge is 1.94. The number of isothiocyanates is 2. The summed E-state index contributed by atoms with van der Waals surface area (Å²) in [5, 5.41) is 4.77. The first kappa shape index (κ1) is 24.3. The maximum Gasteiger partial charge on any atom is 0.0634 e. The lowest BCUT2D eigenvalue weighted by Gasteiger charge is -2.03. The third-order valence-electron chi connectivity index (χ3n) is 4.44. The fourth-order valence-corrected chi connectivity index (χ4v) is 3.11. The van der Waals surface area contributed by atoms with Gasteiger partial charge in [-0.15, -0.1) is 0 Å². The molecule has 0 N–H and O–H groups in total. The third-order valence-corrected chi connectivity index (χ3v) is 4.67. The first-order valence-corrected chi connectivity index (χ1v) is 11.0. The number of allylic oxidation sites excluding steroid dienone is 1. The van der Waals surface area contributed by atoms with Crippen LogP contribution < -0.4 is 0 Å². The Hall–Kier alpha value is -0.660. The van der Waals surface area contributed by atoms with Gasteiger partial charge < -0.3 is 0 Å². The van der Waals surface area contributed by atoms with Gasteiger partial charge in [0.15, 0.2) is 0 Å². The average molecular weight is 381 g/mol. The quantitative estimate of drug-likeness (QED) is 0.129. The zero-order valence-electron chi connectivity index (χ0n) is 15.9. The monoisotopic (exact) mass is 380 g/mol. The van der Waals surface area contributed by atoms with Crippen molar-refractivity contribution in [2.24, 2.45) is 9.98 Å². The highest BCUT2D eigenvalue weighted by atomic mass is 32.1. The number of unbranched alkanes of at least 4 members (excludes halogenated alkanes) is 15. The van der Waals surface area contributed by atoms with E-state index in [0.717, 1.165) is 13.0 Å². The van der Waals surface area contributed by atoms with Gasteiger partial charge in [0.2, 0.25) is 0 Å². The largest absolute Gasteiger partial charge is 0.233 e. The first-order valence-electron chi connectivity index (χ1n) is 10.2. The molecule has 0 heterocycles. The molecule has 0 amide bonds. The molecular weight excluding hydrogens is 344 g/mol. The molecule has 0 aliphatic carbocycles. The maximum absolute atomic E-state index is 4.55. The standard InChI is InChI=1S/C21H36N2S2/c24-20-22-18-16-14-12-10-8-6-4-2-1-3-5-7-9-11-13-15-17-19-23-21-25/h16,18H,1-15,17,19H2/b18-16-. The molecule has 0 rings (SSSR count). The molecule has 0 atom stereocenters. The van der Waals surface area contributed by atoms with Gasteiger partial charge in [0.1, 0.15) is 0 Å². The summed E-state index contributed by atoms with van der Waals surface area (Å²) in [4.78, 5) is 7.71. The van der Waals surface area contributed by atoms with Crippen molar-refractivity contribution in [3.8, 4) is 0 Å². The number of hydrogen-bond donors (Lipinski definition) is 0. The van der Waals surface area contributed by atoms with Crippen LogP contribution in [0.2, 0.25) is 0 Å². The van der Waals surface area contributed by atoms with E-state index in [4.69, 9.17) is 0 Å². The molecule has 0 spiro atoms. The molecular formula is C21H36N2S2. The Bertz CT molecular complexity index is 395. The van der Waals surface area contributed by atoms with Crippen LogP contribution in [0.25, 0.3) is 0 Å². The summed E-state index contributed by atoms with van der Waals surface area (Å²) in [7, 11) is 0. The van der Waals surface area contributed by atoms with Crippen molar-refractivity contribution in [2.45, 2.75) is 103 Å². The summed E-state index contributed by atoms with van der Waals surface area (Å²) in [5.74, 6) is 0. The number of nitrogens with zero attached hydrogens (tertiary/aromatic N) is 2. The Morgan fingerprint density at radius 2 is 1.00 bits per heavy atom. The molecule has 25 heavy (non-hydrogen) atoms. The van der Waals surface area contributed by atoms with E-state index in [2.05, 4.69) is 50.8 Å². The summed E-state index contributed by atoms with van der Waals surface area (Å²) in [6.07, 6.45) is 25.4. The van der Waals surface area contributed by atoms with Gasteiger partial charge in [-0.3, -0.25) is 0 Å². The van der Waals surface area contributed by atoms with Gasteiger partial charge in [-0.1, -0.05) is 89.5 Å². The van der Waals surface area contributed by atoms with E-state index in [1.54, 1.807) is 6.20 Å². The second kappa shape index (κ2) is 23.3.